The van der Waals surface area contributed by atoms with Crippen molar-refractivity contribution in [2.24, 2.45) is 0 Å². The van der Waals surface area contributed by atoms with E-state index in [1.165, 1.54) is 5.56 Å². The number of esters is 1. The molecule has 0 N–H and O–H groups in total. The fraction of sp³-hybridized carbons (Fsp3) is 0.562. The maximum atomic E-state index is 11.6. The van der Waals surface area contributed by atoms with Crippen LogP contribution in [0.2, 0.25) is 0 Å². The van der Waals surface area contributed by atoms with Gasteiger partial charge in [-0.2, -0.15) is 0 Å². The first-order valence-electron chi connectivity index (χ1n) is 7.24. The van der Waals surface area contributed by atoms with E-state index in [1.807, 2.05) is 25.1 Å². The van der Waals surface area contributed by atoms with Crippen LogP contribution in [0.5, 0.6) is 5.75 Å². The summed E-state index contributed by atoms with van der Waals surface area (Å²) in [5.74, 6) is 0.800. The minimum Gasteiger partial charge on any atom is -0.488 e. The van der Waals surface area contributed by atoms with Crippen LogP contribution in [0.3, 0.4) is 0 Å². The van der Waals surface area contributed by atoms with Crippen LogP contribution in [-0.4, -0.2) is 42.7 Å². The molecule has 0 aliphatic carbocycles. The van der Waals surface area contributed by atoms with Crippen molar-refractivity contribution in [3.8, 4) is 5.75 Å². The molecule has 110 valence electrons. The summed E-state index contributed by atoms with van der Waals surface area (Å²) in [6, 6.07) is 8.40. The Morgan fingerprint density at radius 1 is 1.45 bits per heavy atom. The van der Waals surface area contributed by atoms with Crippen molar-refractivity contribution in [2.45, 2.75) is 39.3 Å². The molecule has 0 spiro atoms. The molecular weight excluding hydrogens is 254 g/mol. The number of fused-ring (bicyclic) bond motifs is 1. The summed E-state index contributed by atoms with van der Waals surface area (Å²) < 4.78 is 11.0. The van der Waals surface area contributed by atoms with Crippen molar-refractivity contribution in [3.63, 3.8) is 0 Å². The van der Waals surface area contributed by atoms with Gasteiger partial charge in [-0.25, -0.2) is 0 Å². The van der Waals surface area contributed by atoms with E-state index in [0.29, 0.717) is 13.2 Å². The molecule has 2 rings (SSSR count). The van der Waals surface area contributed by atoms with E-state index in [2.05, 4.69) is 24.8 Å². The minimum atomic E-state index is -0.170. The van der Waals surface area contributed by atoms with Crippen LogP contribution in [-0.2, 0) is 16.0 Å². The predicted molar refractivity (Wildman–Crippen MR) is 77.9 cm³/mol. The van der Waals surface area contributed by atoms with Crippen molar-refractivity contribution >= 4 is 5.97 Å². The van der Waals surface area contributed by atoms with Crippen LogP contribution in [0.25, 0.3) is 0 Å². The number of ether oxygens (including phenoxy) is 2. The topological polar surface area (TPSA) is 38.8 Å². The van der Waals surface area contributed by atoms with Gasteiger partial charge in [-0.1, -0.05) is 18.2 Å². The quantitative estimate of drug-likeness (QED) is 0.748. The molecule has 0 saturated heterocycles. The Labute approximate surface area is 120 Å². The third-order valence-corrected chi connectivity index (χ3v) is 3.52. The fourth-order valence-electron chi connectivity index (χ4n) is 2.45. The van der Waals surface area contributed by atoms with Gasteiger partial charge < -0.3 is 9.47 Å². The van der Waals surface area contributed by atoms with Gasteiger partial charge in [0.05, 0.1) is 13.2 Å². The van der Waals surface area contributed by atoms with Gasteiger partial charge in [0.2, 0.25) is 0 Å². The number of carbonyl (C=O) groups excluding carboxylic acids is 1. The Morgan fingerprint density at radius 2 is 2.20 bits per heavy atom. The van der Waals surface area contributed by atoms with E-state index in [1.54, 1.807) is 0 Å². The van der Waals surface area contributed by atoms with E-state index in [4.69, 9.17) is 9.47 Å². The summed E-state index contributed by atoms with van der Waals surface area (Å²) >= 11 is 0. The zero-order chi connectivity index (χ0) is 14.5. The number of rotatable bonds is 6. The van der Waals surface area contributed by atoms with E-state index in [-0.39, 0.29) is 18.1 Å². The Hall–Kier alpha value is -1.55. The standard InChI is InChI=1S/C16H23NO3/c1-4-19-16(18)11-17(12(2)3)10-14-9-13-7-5-6-8-15(13)20-14/h5-8,12,14H,4,9-11H2,1-3H3. The molecule has 1 aliphatic rings. The minimum absolute atomic E-state index is 0.115. The van der Waals surface area contributed by atoms with Crippen molar-refractivity contribution in [1.82, 2.24) is 4.90 Å². The van der Waals surface area contributed by atoms with E-state index in [9.17, 15) is 4.79 Å². The largest absolute Gasteiger partial charge is 0.488 e. The molecule has 1 unspecified atom stereocenters. The predicted octanol–water partition coefficient (Wildman–Crippen LogP) is 2.26. The average molecular weight is 277 g/mol. The van der Waals surface area contributed by atoms with Gasteiger partial charge in [-0.15, -0.1) is 0 Å². The molecule has 1 aromatic carbocycles. The number of carbonyl (C=O) groups is 1. The summed E-state index contributed by atoms with van der Waals surface area (Å²) in [6.07, 6.45) is 1.02. The van der Waals surface area contributed by atoms with Gasteiger partial charge in [-0.05, 0) is 32.4 Å². The van der Waals surface area contributed by atoms with Crippen molar-refractivity contribution in [2.75, 3.05) is 19.7 Å². The molecule has 0 radical (unpaired) electrons. The highest BCUT2D eigenvalue weighted by Gasteiger charge is 2.26. The summed E-state index contributed by atoms with van der Waals surface area (Å²) in [7, 11) is 0. The van der Waals surface area contributed by atoms with Gasteiger partial charge in [0.25, 0.3) is 0 Å². The average Bonchev–Trinajstić information content (AvgIpc) is 2.80. The SMILES string of the molecule is CCOC(=O)CN(CC1Cc2ccccc2O1)C(C)C. The number of hydrogen-bond acceptors (Lipinski definition) is 4. The zero-order valence-electron chi connectivity index (χ0n) is 12.5. The Balaban J connectivity index is 1.92. The molecule has 1 heterocycles. The third-order valence-electron chi connectivity index (χ3n) is 3.52. The van der Waals surface area contributed by atoms with Crippen LogP contribution in [0.4, 0.5) is 0 Å². The molecule has 0 amide bonds. The van der Waals surface area contributed by atoms with Gasteiger partial charge in [0.1, 0.15) is 11.9 Å². The van der Waals surface area contributed by atoms with Crippen molar-refractivity contribution < 1.29 is 14.3 Å². The van der Waals surface area contributed by atoms with Crippen molar-refractivity contribution in [3.05, 3.63) is 29.8 Å². The first-order valence-corrected chi connectivity index (χ1v) is 7.24. The lowest BCUT2D eigenvalue weighted by Gasteiger charge is -2.27. The molecule has 1 aliphatic heterocycles. The van der Waals surface area contributed by atoms with Gasteiger partial charge in [-0.3, -0.25) is 9.69 Å². The molecule has 0 aromatic heterocycles. The van der Waals surface area contributed by atoms with Gasteiger partial charge >= 0.3 is 5.97 Å². The smallest absolute Gasteiger partial charge is 0.320 e. The summed E-state index contributed by atoms with van der Waals surface area (Å²) in [5, 5.41) is 0. The monoisotopic (exact) mass is 277 g/mol. The molecule has 0 saturated carbocycles. The van der Waals surface area contributed by atoms with Crippen LogP contribution in [0.1, 0.15) is 26.3 Å². The van der Waals surface area contributed by atoms with Gasteiger partial charge in [0, 0.05) is 19.0 Å². The molecule has 20 heavy (non-hydrogen) atoms. The lowest BCUT2D eigenvalue weighted by atomic mass is 10.1. The Kier molecular flexibility index (Phi) is 5.01. The van der Waals surface area contributed by atoms with Crippen LogP contribution < -0.4 is 4.74 Å². The van der Waals surface area contributed by atoms with Gasteiger partial charge in [0.15, 0.2) is 0 Å². The van der Waals surface area contributed by atoms with Crippen LogP contribution in [0.15, 0.2) is 24.3 Å². The molecule has 0 fully saturated rings. The molecule has 4 nitrogen and oxygen atoms in total. The number of benzene rings is 1. The lowest BCUT2D eigenvalue weighted by molar-refractivity contribution is -0.145. The first kappa shape index (κ1) is 14.9. The second-order valence-electron chi connectivity index (χ2n) is 5.38. The zero-order valence-corrected chi connectivity index (χ0v) is 12.5. The summed E-state index contributed by atoms with van der Waals surface area (Å²) in [5.41, 5.74) is 1.25. The highest BCUT2D eigenvalue weighted by molar-refractivity contribution is 5.71. The third kappa shape index (κ3) is 3.73. The van der Waals surface area contributed by atoms with Crippen LogP contribution in [0, 0.1) is 0 Å². The number of nitrogens with zero attached hydrogens (tertiary/aromatic N) is 1. The van der Waals surface area contributed by atoms with E-state index >= 15 is 0 Å². The number of hydrogen-bond donors (Lipinski definition) is 0. The fourth-order valence-corrected chi connectivity index (χ4v) is 2.45. The second kappa shape index (κ2) is 6.75. The highest BCUT2D eigenvalue weighted by atomic mass is 16.5. The lowest BCUT2D eigenvalue weighted by Crippen LogP contribution is -2.42. The molecular formula is C16H23NO3. The normalized spacial score (nSPS) is 17.1. The van der Waals surface area contributed by atoms with Crippen molar-refractivity contribution in [1.29, 1.82) is 0 Å². The number of para-hydroxylation sites is 1. The van der Waals surface area contributed by atoms with Crippen LogP contribution >= 0.6 is 0 Å². The molecule has 4 heteroatoms. The molecule has 1 aromatic rings. The Bertz CT molecular complexity index is 434. The molecule has 1 atom stereocenters. The maximum Gasteiger partial charge on any atom is 0.320 e. The summed E-state index contributed by atoms with van der Waals surface area (Å²) in [4.78, 5) is 13.8. The van der Waals surface area contributed by atoms with E-state index in [0.717, 1.165) is 18.7 Å². The highest BCUT2D eigenvalue weighted by Crippen LogP contribution is 2.28. The van der Waals surface area contributed by atoms with E-state index < -0.39 is 0 Å². The second-order valence-corrected chi connectivity index (χ2v) is 5.38. The first-order chi connectivity index (χ1) is 9.60. The molecule has 0 bridgehead atoms. The maximum absolute atomic E-state index is 11.6. The Morgan fingerprint density at radius 3 is 2.85 bits per heavy atom. The summed E-state index contributed by atoms with van der Waals surface area (Å²) in [6.45, 7) is 7.49.